The molecule has 0 amide bonds. The van der Waals surface area contributed by atoms with E-state index in [9.17, 15) is 5.11 Å². The van der Waals surface area contributed by atoms with Gasteiger partial charge in [-0.25, -0.2) is 4.98 Å². The lowest BCUT2D eigenvalue weighted by molar-refractivity contribution is 0.469. The Morgan fingerprint density at radius 1 is 1.28 bits per heavy atom. The van der Waals surface area contributed by atoms with Gasteiger partial charge in [-0.2, -0.15) is 0 Å². The number of aromatic nitrogens is 1. The average Bonchev–Trinajstić information content (AvgIpc) is 2.32. The molecule has 2 aromatic rings. The second-order valence-electron chi connectivity index (χ2n) is 3.73. The molecule has 0 radical (unpaired) electrons. The van der Waals surface area contributed by atoms with Crippen LogP contribution in [0.15, 0.2) is 39.4 Å². The van der Waals surface area contributed by atoms with Gasteiger partial charge in [0.05, 0.1) is 4.47 Å². The molecule has 1 aromatic carbocycles. The van der Waals surface area contributed by atoms with E-state index < -0.39 is 0 Å². The molecule has 0 aliphatic heterocycles. The Morgan fingerprint density at radius 2 is 2.06 bits per heavy atom. The second kappa shape index (κ2) is 5.58. The number of benzene rings is 1. The monoisotopic (exact) mass is 371 g/mol. The Bertz CT molecular complexity index is 575. The van der Waals surface area contributed by atoms with Crippen LogP contribution in [0.25, 0.3) is 0 Å². The number of halogens is 2. The summed E-state index contributed by atoms with van der Waals surface area (Å²) in [6.45, 7) is 0.449. The summed E-state index contributed by atoms with van der Waals surface area (Å²) >= 11 is 6.75. The highest BCUT2D eigenvalue weighted by Gasteiger charge is 2.05. The van der Waals surface area contributed by atoms with Gasteiger partial charge >= 0.3 is 0 Å². The Labute approximate surface area is 121 Å². The zero-order valence-electron chi connectivity index (χ0n) is 9.32. The summed E-state index contributed by atoms with van der Waals surface area (Å²) in [5.74, 6) is 0.921. The maximum absolute atomic E-state index is 9.69. The number of phenolic OH excluding ortho intramolecular Hbond substituents is 1. The van der Waals surface area contributed by atoms with E-state index in [2.05, 4.69) is 42.2 Å². The van der Waals surface area contributed by atoms with E-state index in [0.717, 1.165) is 14.5 Å². The van der Waals surface area contributed by atoms with E-state index >= 15 is 0 Å². The molecule has 0 aliphatic rings. The van der Waals surface area contributed by atoms with Gasteiger partial charge in [0.1, 0.15) is 11.6 Å². The minimum absolute atomic E-state index is 0.213. The molecule has 2 rings (SSSR count). The topological polar surface area (TPSA) is 71.2 Å². The van der Waals surface area contributed by atoms with Crippen molar-refractivity contribution in [1.82, 2.24) is 4.98 Å². The van der Waals surface area contributed by atoms with Gasteiger partial charge in [0.2, 0.25) is 0 Å². The number of phenols is 1. The van der Waals surface area contributed by atoms with E-state index in [1.807, 2.05) is 6.07 Å². The number of hydrogen-bond acceptors (Lipinski definition) is 4. The van der Waals surface area contributed by atoms with Crippen molar-refractivity contribution < 1.29 is 5.11 Å². The Kier molecular flexibility index (Phi) is 4.08. The zero-order chi connectivity index (χ0) is 13.1. The quantitative estimate of drug-likeness (QED) is 0.569. The van der Waals surface area contributed by atoms with Gasteiger partial charge in [-0.3, -0.25) is 0 Å². The molecule has 0 fully saturated rings. The molecule has 0 saturated carbocycles. The van der Waals surface area contributed by atoms with Crippen molar-refractivity contribution in [1.29, 1.82) is 0 Å². The fourth-order valence-electron chi connectivity index (χ4n) is 1.47. The number of pyridine rings is 1. The summed E-state index contributed by atoms with van der Waals surface area (Å²) in [6, 6.07) is 6.87. The van der Waals surface area contributed by atoms with E-state index in [-0.39, 0.29) is 5.75 Å². The maximum atomic E-state index is 9.69. The average molecular weight is 373 g/mol. The summed E-state index contributed by atoms with van der Waals surface area (Å²) in [5, 5.41) is 12.8. The van der Waals surface area contributed by atoms with E-state index in [0.29, 0.717) is 18.1 Å². The molecule has 0 unspecified atom stereocenters. The van der Waals surface area contributed by atoms with E-state index in [1.54, 1.807) is 24.4 Å². The molecule has 0 saturated heterocycles. The first-order valence-electron chi connectivity index (χ1n) is 5.18. The van der Waals surface area contributed by atoms with Crippen LogP contribution in [0, 0.1) is 0 Å². The number of nitrogen functional groups attached to an aromatic ring is 1. The van der Waals surface area contributed by atoms with Gasteiger partial charge < -0.3 is 16.2 Å². The van der Waals surface area contributed by atoms with Crippen molar-refractivity contribution in [2.75, 3.05) is 11.1 Å². The number of nitrogens with zero attached hydrogens (tertiary/aromatic N) is 1. The van der Waals surface area contributed by atoms with Crippen LogP contribution in [0.1, 0.15) is 5.56 Å². The Morgan fingerprint density at radius 3 is 2.78 bits per heavy atom. The standard InChI is InChI=1S/C12H11Br2N3O/c13-8-4-10(14)12(17-6-8)16-5-7-3-9(15)1-2-11(7)18/h1-4,6,18H,5,15H2,(H,16,17). The van der Waals surface area contributed by atoms with Crippen LogP contribution >= 0.6 is 31.9 Å². The van der Waals surface area contributed by atoms with Crippen LogP contribution in [0.2, 0.25) is 0 Å². The maximum Gasteiger partial charge on any atom is 0.140 e. The van der Waals surface area contributed by atoms with Crippen LogP contribution in [0.5, 0.6) is 5.75 Å². The highest BCUT2D eigenvalue weighted by atomic mass is 79.9. The third kappa shape index (κ3) is 3.14. The lowest BCUT2D eigenvalue weighted by Crippen LogP contribution is -2.03. The summed E-state index contributed by atoms with van der Waals surface area (Å²) in [6.07, 6.45) is 1.70. The van der Waals surface area contributed by atoms with Crippen molar-refractivity contribution in [3.8, 4) is 5.75 Å². The SMILES string of the molecule is Nc1ccc(O)c(CNc2ncc(Br)cc2Br)c1. The molecule has 1 heterocycles. The molecule has 4 N–H and O–H groups in total. The molecule has 0 bridgehead atoms. The van der Waals surface area contributed by atoms with Crippen LogP contribution in [0.3, 0.4) is 0 Å². The van der Waals surface area contributed by atoms with Crippen LogP contribution < -0.4 is 11.1 Å². The van der Waals surface area contributed by atoms with E-state index in [4.69, 9.17) is 5.73 Å². The third-order valence-corrected chi connectivity index (χ3v) is 3.40. The van der Waals surface area contributed by atoms with E-state index in [1.165, 1.54) is 0 Å². The van der Waals surface area contributed by atoms with Crippen LogP contribution in [-0.4, -0.2) is 10.1 Å². The summed E-state index contributed by atoms with van der Waals surface area (Å²) < 4.78 is 1.74. The fourth-order valence-corrected chi connectivity index (χ4v) is 2.60. The first kappa shape index (κ1) is 13.2. The summed E-state index contributed by atoms with van der Waals surface area (Å²) in [4.78, 5) is 4.23. The Hall–Kier alpha value is -1.27. The number of anilines is 2. The molecule has 0 spiro atoms. The molecular weight excluding hydrogens is 362 g/mol. The molecule has 4 nitrogen and oxygen atoms in total. The van der Waals surface area contributed by atoms with Gasteiger partial charge in [0, 0.05) is 28.5 Å². The molecule has 0 aliphatic carbocycles. The minimum atomic E-state index is 0.213. The number of nitrogens with one attached hydrogen (secondary N) is 1. The van der Waals surface area contributed by atoms with Crippen LogP contribution in [0.4, 0.5) is 11.5 Å². The predicted octanol–water partition coefficient (Wildman–Crippen LogP) is 3.51. The first-order chi connectivity index (χ1) is 8.56. The third-order valence-electron chi connectivity index (χ3n) is 2.36. The lowest BCUT2D eigenvalue weighted by Gasteiger charge is -2.09. The van der Waals surface area contributed by atoms with Gasteiger partial charge in [-0.05, 0) is 56.1 Å². The van der Waals surface area contributed by atoms with Crippen LogP contribution in [-0.2, 0) is 6.54 Å². The van der Waals surface area contributed by atoms with Crippen molar-refractivity contribution in [3.63, 3.8) is 0 Å². The molecule has 94 valence electrons. The number of aromatic hydroxyl groups is 1. The highest BCUT2D eigenvalue weighted by Crippen LogP contribution is 2.25. The number of rotatable bonds is 3. The Balaban J connectivity index is 2.13. The molecule has 6 heteroatoms. The smallest absolute Gasteiger partial charge is 0.140 e. The van der Waals surface area contributed by atoms with Gasteiger partial charge in [-0.1, -0.05) is 0 Å². The van der Waals surface area contributed by atoms with Crippen molar-refractivity contribution in [2.45, 2.75) is 6.54 Å². The highest BCUT2D eigenvalue weighted by molar-refractivity contribution is 9.11. The zero-order valence-corrected chi connectivity index (χ0v) is 12.5. The van der Waals surface area contributed by atoms with Gasteiger partial charge in [0.25, 0.3) is 0 Å². The minimum Gasteiger partial charge on any atom is -0.508 e. The molecule has 0 atom stereocenters. The lowest BCUT2D eigenvalue weighted by atomic mass is 10.2. The van der Waals surface area contributed by atoms with Crippen molar-refractivity contribution >= 4 is 43.4 Å². The van der Waals surface area contributed by atoms with Gasteiger partial charge in [0.15, 0.2) is 0 Å². The number of nitrogens with two attached hydrogens (primary N) is 1. The largest absolute Gasteiger partial charge is 0.508 e. The molecule has 18 heavy (non-hydrogen) atoms. The van der Waals surface area contributed by atoms with Gasteiger partial charge in [-0.15, -0.1) is 0 Å². The first-order valence-corrected chi connectivity index (χ1v) is 6.77. The van der Waals surface area contributed by atoms with Crippen molar-refractivity contribution in [2.24, 2.45) is 0 Å². The number of hydrogen-bond donors (Lipinski definition) is 3. The summed E-state index contributed by atoms with van der Waals surface area (Å²) in [5.41, 5.74) is 7.02. The fraction of sp³-hybridized carbons (Fsp3) is 0.0833. The second-order valence-corrected chi connectivity index (χ2v) is 5.50. The normalized spacial score (nSPS) is 10.3. The summed E-state index contributed by atoms with van der Waals surface area (Å²) in [7, 11) is 0. The molecular formula is C12H11Br2N3O. The predicted molar refractivity (Wildman–Crippen MR) is 79.5 cm³/mol. The van der Waals surface area contributed by atoms with Crippen molar-refractivity contribution in [3.05, 3.63) is 45.0 Å². The molecule has 1 aromatic heterocycles.